The van der Waals surface area contributed by atoms with Gasteiger partial charge in [-0.3, -0.25) is 0 Å². The van der Waals surface area contributed by atoms with Crippen LogP contribution in [-0.2, 0) is 5.75 Å². The molecule has 0 unspecified atom stereocenters. The van der Waals surface area contributed by atoms with E-state index in [9.17, 15) is 4.79 Å². The minimum Gasteiger partial charge on any atom is -0.478 e. The summed E-state index contributed by atoms with van der Waals surface area (Å²) in [4.78, 5) is 11.9. The van der Waals surface area contributed by atoms with Gasteiger partial charge in [-0.25, -0.2) is 4.79 Å². The zero-order valence-corrected chi connectivity index (χ0v) is 12.0. The van der Waals surface area contributed by atoms with E-state index in [0.717, 1.165) is 16.2 Å². The second kappa shape index (κ2) is 5.63. The quantitative estimate of drug-likeness (QED) is 0.849. The van der Waals surface area contributed by atoms with Crippen LogP contribution in [0.4, 0.5) is 0 Å². The van der Waals surface area contributed by atoms with Crippen molar-refractivity contribution in [3.8, 4) is 0 Å². The molecule has 3 nitrogen and oxygen atoms in total. The average molecular weight is 327 g/mol. The third kappa shape index (κ3) is 3.17. The summed E-state index contributed by atoms with van der Waals surface area (Å²) in [6, 6.07) is 9.17. The normalized spacial score (nSPS) is 10.6. The summed E-state index contributed by atoms with van der Waals surface area (Å²) in [6.07, 6.45) is 0. The minimum atomic E-state index is -0.893. The highest BCUT2D eigenvalue weighted by Gasteiger charge is 2.08. The van der Waals surface area contributed by atoms with E-state index < -0.39 is 5.97 Å². The van der Waals surface area contributed by atoms with Gasteiger partial charge < -0.3 is 9.52 Å². The highest BCUT2D eigenvalue weighted by atomic mass is 79.9. The number of thioether (sulfide) groups is 1. The summed E-state index contributed by atoms with van der Waals surface area (Å²) < 4.78 is 6.09. The van der Waals surface area contributed by atoms with Gasteiger partial charge in [0.25, 0.3) is 0 Å². The highest BCUT2D eigenvalue weighted by Crippen LogP contribution is 2.26. The van der Waals surface area contributed by atoms with Gasteiger partial charge >= 0.3 is 5.97 Å². The molecule has 1 heterocycles. The van der Waals surface area contributed by atoms with E-state index >= 15 is 0 Å². The van der Waals surface area contributed by atoms with Crippen molar-refractivity contribution < 1.29 is 14.3 Å². The first-order chi connectivity index (χ1) is 8.56. The summed E-state index contributed by atoms with van der Waals surface area (Å²) >= 11 is 4.79. The molecule has 1 aromatic heterocycles. The number of rotatable bonds is 4. The highest BCUT2D eigenvalue weighted by molar-refractivity contribution is 9.10. The molecule has 18 heavy (non-hydrogen) atoms. The van der Waals surface area contributed by atoms with Crippen LogP contribution in [0.15, 0.2) is 44.3 Å². The maximum atomic E-state index is 11.0. The molecule has 0 bridgehead atoms. The van der Waals surface area contributed by atoms with Crippen LogP contribution in [0.3, 0.4) is 0 Å². The Labute approximate surface area is 117 Å². The van der Waals surface area contributed by atoms with Gasteiger partial charge in [0, 0.05) is 4.90 Å². The number of carboxylic acid groups (broad SMARTS) is 1. The summed E-state index contributed by atoms with van der Waals surface area (Å²) in [5, 5.41) is 9.04. The Balaban J connectivity index is 2.10. The number of aromatic carboxylic acids is 1. The van der Waals surface area contributed by atoms with Crippen LogP contribution < -0.4 is 0 Å². The Kier molecular flexibility index (Phi) is 4.14. The zero-order valence-electron chi connectivity index (χ0n) is 9.64. The first-order valence-corrected chi connectivity index (χ1v) is 7.05. The topological polar surface area (TPSA) is 50.4 Å². The molecule has 2 rings (SSSR count). The number of carbonyl (C=O) groups is 1. The van der Waals surface area contributed by atoms with Gasteiger partial charge in [0.1, 0.15) is 5.76 Å². The lowest BCUT2D eigenvalue weighted by Crippen LogP contribution is -1.99. The molecule has 0 aliphatic heterocycles. The lowest BCUT2D eigenvalue weighted by molar-refractivity contribution is 0.0696. The van der Waals surface area contributed by atoms with Crippen LogP contribution in [0.1, 0.15) is 21.7 Å². The maximum Gasteiger partial charge on any atom is 0.335 e. The van der Waals surface area contributed by atoms with Crippen LogP contribution >= 0.6 is 27.7 Å². The van der Waals surface area contributed by atoms with E-state index in [-0.39, 0.29) is 0 Å². The van der Waals surface area contributed by atoms with Crippen molar-refractivity contribution >= 4 is 33.7 Å². The lowest BCUT2D eigenvalue weighted by atomic mass is 10.1. The van der Waals surface area contributed by atoms with Gasteiger partial charge in [-0.15, -0.1) is 11.8 Å². The molecule has 0 saturated carbocycles. The fourth-order valence-electron chi connectivity index (χ4n) is 1.51. The SMILES string of the molecule is Cc1ccc(SCc2ccc(Br)o2)cc1C(=O)O. The van der Waals surface area contributed by atoms with Crippen LogP contribution in [0.5, 0.6) is 0 Å². The summed E-state index contributed by atoms with van der Waals surface area (Å²) in [5.41, 5.74) is 1.12. The Morgan fingerprint density at radius 1 is 1.39 bits per heavy atom. The van der Waals surface area contributed by atoms with Crippen LogP contribution in [0.25, 0.3) is 0 Å². The standard InChI is InChI=1S/C13H11BrO3S/c1-8-2-4-10(6-11(8)13(15)16)18-7-9-3-5-12(14)17-9/h2-6H,7H2,1H3,(H,15,16). The molecule has 2 aromatic rings. The van der Waals surface area contributed by atoms with Crippen molar-refractivity contribution in [3.63, 3.8) is 0 Å². The average Bonchev–Trinajstić information content (AvgIpc) is 2.74. The number of furan rings is 1. The number of halogens is 1. The number of hydrogen-bond donors (Lipinski definition) is 1. The fourth-order valence-corrected chi connectivity index (χ4v) is 2.67. The first kappa shape index (κ1) is 13.2. The second-order valence-corrected chi connectivity index (χ2v) is 5.61. The van der Waals surface area contributed by atoms with Crippen molar-refractivity contribution in [1.29, 1.82) is 0 Å². The molecule has 94 valence electrons. The second-order valence-electron chi connectivity index (χ2n) is 3.78. The van der Waals surface area contributed by atoms with Crippen LogP contribution in [0.2, 0.25) is 0 Å². The van der Waals surface area contributed by atoms with Gasteiger partial charge in [0.15, 0.2) is 4.67 Å². The molecule has 0 radical (unpaired) electrons. The van der Waals surface area contributed by atoms with Crippen molar-refractivity contribution in [1.82, 2.24) is 0 Å². The molecular weight excluding hydrogens is 316 g/mol. The molecule has 0 saturated heterocycles. The Morgan fingerprint density at radius 3 is 2.78 bits per heavy atom. The number of hydrogen-bond acceptors (Lipinski definition) is 3. The lowest BCUT2D eigenvalue weighted by Gasteiger charge is -2.04. The van der Waals surface area contributed by atoms with Crippen molar-refractivity contribution in [2.45, 2.75) is 17.6 Å². The largest absolute Gasteiger partial charge is 0.478 e. The predicted molar refractivity (Wildman–Crippen MR) is 74.1 cm³/mol. The summed E-state index contributed by atoms with van der Waals surface area (Å²) in [7, 11) is 0. The first-order valence-electron chi connectivity index (χ1n) is 5.27. The maximum absolute atomic E-state index is 11.0. The van der Waals surface area contributed by atoms with E-state index in [1.807, 2.05) is 24.3 Å². The van der Waals surface area contributed by atoms with Crippen molar-refractivity contribution in [3.05, 3.63) is 51.9 Å². The minimum absolute atomic E-state index is 0.348. The molecule has 1 aromatic carbocycles. The number of benzene rings is 1. The Hall–Kier alpha value is -1.20. The Morgan fingerprint density at radius 2 is 2.17 bits per heavy atom. The van der Waals surface area contributed by atoms with Gasteiger partial charge in [0.05, 0.1) is 11.3 Å². The molecular formula is C13H11BrO3S. The number of carboxylic acids is 1. The predicted octanol–water partition coefficient (Wildman–Crippen LogP) is 4.34. The third-order valence-electron chi connectivity index (χ3n) is 2.45. The molecule has 1 N–H and O–H groups in total. The zero-order chi connectivity index (χ0) is 13.1. The van der Waals surface area contributed by atoms with Crippen molar-refractivity contribution in [2.75, 3.05) is 0 Å². The van der Waals surface area contributed by atoms with Gasteiger partial charge in [0.2, 0.25) is 0 Å². The molecule has 0 atom stereocenters. The molecule has 0 aliphatic rings. The fraction of sp³-hybridized carbons (Fsp3) is 0.154. The molecule has 0 aliphatic carbocycles. The van der Waals surface area contributed by atoms with Gasteiger partial charge in [-0.2, -0.15) is 0 Å². The van der Waals surface area contributed by atoms with E-state index in [0.29, 0.717) is 16.0 Å². The van der Waals surface area contributed by atoms with E-state index in [1.54, 1.807) is 24.8 Å². The summed E-state index contributed by atoms with van der Waals surface area (Å²) in [6.45, 7) is 1.79. The molecule has 5 heteroatoms. The molecule has 0 amide bonds. The van der Waals surface area contributed by atoms with Crippen LogP contribution in [-0.4, -0.2) is 11.1 Å². The summed E-state index contributed by atoms with van der Waals surface area (Å²) in [5.74, 6) is 0.633. The van der Waals surface area contributed by atoms with Gasteiger partial charge in [-0.1, -0.05) is 6.07 Å². The number of aryl methyl sites for hydroxylation is 1. The van der Waals surface area contributed by atoms with E-state index in [1.165, 1.54) is 0 Å². The third-order valence-corrected chi connectivity index (χ3v) is 3.89. The smallest absolute Gasteiger partial charge is 0.335 e. The van der Waals surface area contributed by atoms with Gasteiger partial charge in [-0.05, 0) is 52.7 Å². The molecule has 0 fully saturated rings. The Bertz CT molecular complexity index is 577. The van der Waals surface area contributed by atoms with Crippen molar-refractivity contribution in [2.24, 2.45) is 0 Å². The molecule has 0 spiro atoms. The monoisotopic (exact) mass is 326 g/mol. The van der Waals surface area contributed by atoms with E-state index in [2.05, 4.69) is 15.9 Å². The van der Waals surface area contributed by atoms with Crippen LogP contribution in [0, 0.1) is 6.92 Å². The van der Waals surface area contributed by atoms with E-state index in [4.69, 9.17) is 9.52 Å².